The zero-order valence-electron chi connectivity index (χ0n) is 21.5. The van der Waals surface area contributed by atoms with Gasteiger partial charge in [0.05, 0.1) is 0 Å². The van der Waals surface area contributed by atoms with Gasteiger partial charge < -0.3 is 25.7 Å². The van der Waals surface area contributed by atoms with Gasteiger partial charge >= 0.3 is 0 Å². The van der Waals surface area contributed by atoms with Crippen LogP contribution in [0.25, 0.3) is 0 Å². The van der Waals surface area contributed by atoms with Gasteiger partial charge in [-0.15, -0.1) is 0 Å². The third-order valence-electron chi connectivity index (χ3n) is 4.13. The van der Waals surface area contributed by atoms with Crippen LogP contribution in [0.2, 0.25) is 0 Å². The monoisotopic (exact) mass is 447 g/mol. The first-order chi connectivity index (χ1) is 15.1. The first kappa shape index (κ1) is 31.4. The van der Waals surface area contributed by atoms with E-state index in [-0.39, 0.29) is 29.0 Å². The number of rotatable bonds is 6. The number of aromatic hydroxyl groups is 4. The fourth-order valence-corrected chi connectivity index (χ4v) is 2.60. The van der Waals surface area contributed by atoms with Crippen LogP contribution in [0.1, 0.15) is 79.4 Å². The quantitative estimate of drug-likeness (QED) is 0.178. The SMILES string of the molecule is CC.CC.CCCc1cc(O)c(O)cc1N[C@@H](C)CC=C(C)C.Cc1ccc(O)c(O)c1. The molecule has 2 aromatic carbocycles. The van der Waals surface area contributed by atoms with Gasteiger partial charge in [-0.25, -0.2) is 0 Å². The molecule has 0 unspecified atom stereocenters. The molecule has 0 spiro atoms. The van der Waals surface area contributed by atoms with Crippen molar-refractivity contribution >= 4 is 5.69 Å². The fourth-order valence-electron chi connectivity index (χ4n) is 2.60. The summed E-state index contributed by atoms with van der Waals surface area (Å²) in [6.07, 6.45) is 5.01. The van der Waals surface area contributed by atoms with E-state index in [1.165, 1.54) is 17.7 Å². The van der Waals surface area contributed by atoms with Crippen molar-refractivity contribution in [2.24, 2.45) is 0 Å². The van der Waals surface area contributed by atoms with E-state index in [2.05, 4.69) is 39.1 Å². The summed E-state index contributed by atoms with van der Waals surface area (Å²) in [4.78, 5) is 0. The lowest BCUT2D eigenvalue weighted by Gasteiger charge is -2.18. The number of hydrogen-bond acceptors (Lipinski definition) is 5. The van der Waals surface area contributed by atoms with Crippen LogP contribution in [-0.2, 0) is 6.42 Å². The van der Waals surface area contributed by atoms with E-state index in [1.54, 1.807) is 18.2 Å². The molecule has 0 saturated heterocycles. The Bertz CT molecular complexity index is 796. The second-order valence-electron chi connectivity index (χ2n) is 7.30. The average molecular weight is 448 g/mol. The van der Waals surface area contributed by atoms with Gasteiger partial charge in [-0.3, -0.25) is 0 Å². The predicted molar refractivity (Wildman–Crippen MR) is 138 cm³/mol. The topological polar surface area (TPSA) is 93.0 Å². The van der Waals surface area contributed by atoms with E-state index in [9.17, 15) is 10.2 Å². The summed E-state index contributed by atoms with van der Waals surface area (Å²) in [6, 6.07) is 8.25. The van der Waals surface area contributed by atoms with Gasteiger partial charge in [0, 0.05) is 17.8 Å². The summed E-state index contributed by atoms with van der Waals surface area (Å²) in [5, 5.41) is 40.2. The highest BCUT2D eigenvalue weighted by atomic mass is 16.3. The molecule has 0 saturated carbocycles. The Morgan fingerprint density at radius 3 is 1.88 bits per heavy atom. The highest BCUT2D eigenvalue weighted by Gasteiger charge is 2.10. The number of nitrogens with one attached hydrogen (secondary N) is 1. The number of anilines is 1. The number of allylic oxidation sites excluding steroid dienone is 1. The Morgan fingerprint density at radius 1 is 0.875 bits per heavy atom. The normalized spacial score (nSPS) is 10.2. The van der Waals surface area contributed by atoms with Gasteiger partial charge in [-0.2, -0.15) is 0 Å². The molecule has 1 atom stereocenters. The largest absolute Gasteiger partial charge is 0.504 e. The summed E-state index contributed by atoms with van der Waals surface area (Å²) in [5.74, 6) is -0.252. The maximum Gasteiger partial charge on any atom is 0.159 e. The molecule has 0 amide bonds. The molecule has 5 nitrogen and oxygen atoms in total. The minimum absolute atomic E-state index is 0.0500. The van der Waals surface area contributed by atoms with Gasteiger partial charge in [0.1, 0.15) is 0 Å². The van der Waals surface area contributed by atoms with E-state index in [0.29, 0.717) is 0 Å². The minimum atomic E-state index is -0.0724. The molecule has 0 bridgehead atoms. The van der Waals surface area contributed by atoms with Gasteiger partial charge in [-0.05, 0) is 69.9 Å². The van der Waals surface area contributed by atoms with Crippen molar-refractivity contribution in [1.82, 2.24) is 0 Å². The molecule has 0 heterocycles. The van der Waals surface area contributed by atoms with Crippen LogP contribution < -0.4 is 5.32 Å². The number of hydrogen-bond donors (Lipinski definition) is 5. The zero-order chi connectivity index (χ0) is 25.3. The third-order valence-corrected chi connectivity index (χ3v) is 4.13. The Labute approximate surface area is 195 Å². The number of benzene rings is 2. The Balaban J connectivity index is 0. The van der Waals surface area contributed by atoms with Crippen molar-refractivity contribution in [3.8, 4) is 23.0 Å². The molecule has 2 aromatic rings. The molecule has 0 aliphatic rings. The van der Waals surface area contributed by atoms with Crippen LogP contribution >= 0.6 is 0 Å². The molecule has 5 N–H and O–H groups in total. The smallest absolute Gasteiger partial charge is 0.159 e. The lowest BCUT2D eigenvalue weighted by Crippen LogP contribution is -2.15. The summed E-state index contributed by atoms with van der Waals surface area (Å²) < 4.78 is 0. The maximum absolute atomic E-state index is 9.62. The summed E-state index contributed by atoms with van der Waals surface area (Å²) in [7, 11) is 0. The molecule has 0 fully saturated rings. The summed E-state index contributed by atoms with van der Waals surface area (Å²) in [5.41, 5.74) is 4.19. The first-order valence-corrected chi connectivity index (χ1v) is 11.6. The third kappa shape index (κ3) is 12.8. The van der Waals surface area contributed by atoms with E-state index in [4.69, 9.17) is 10.2 Å². The highest BCUT2D eigenvalue weighted by Crippen LogP contribution is 2.32. The van der Waals surface area contributed by atoms with E-state index >= 15 is 0 Å². The van der Waals surface area contributed by atoms with Crippen LogP contribution in [0.4, 0.5) is 5.69 Å². The fraction of sp³-hybridized carbons (Fsp3) is 0.481. The molecule has 2 rings (SSSR count). The summed E-state index contributed by atoms with van der Waals surface area (Å²) in [6.45, 7) is 18.2. The van der Waals surface area contributed by atoms with Crippen LogP contribution in [0.15, 0.2) is 42.0 Å². The van der Waals surface area contributed by atoms with Crippen molar-refractivity contribution in [2.75, 3.05) is 5.32 Å². The number of phenols is 4. The first-order valence-electron chi connectivity index (χ1n) is 11.6. The van der Waals surface area contributed by atoms with Crippen molar-refractivity contribution in [3.05, 3.63) is 53.1 Å². The van der Waals surface area contributed by atoms with Crippen LogP contribution in [0, 0.1) is 6.92 Å². The van der Waals surface area contributed by atoms with Crippen molar-refractivity contribution in [1.29, 1.82) is 0 Å². The molecular formula is C27H45NO4. The van der Waals surface area contributed by atoms with Crippen LogP contribution in [0.5, 0.6) is 23.0 Å². The second-order valence-corrected chi connectivity index (χ2v) is 7.30. The second kappa shape index (κ2) is 17.8. The standard InChI is InChI=1S/C16H25NO2.C7H8O2.2C2H6/c1-5-6-13-9-15(18)16(19)10-14(13)17-12(4)8-7-11(2)3;1-5-2-3-6(8)7(9)4-5;2*1-2/h7,9-10,12,17-19H,5-6,8H2,1-4H3;2-4,8-9H,1H3;2*1-2H3/t12-;;;/m0.../s1. The Kier molecular flexibility index (Phi) is 17.5. The van der Waals surface area contributed by atoms with Gasteiger partial charge in [0.15, 0.2) is 23.0 Å². The van der Waals surface area contributed by atoms with Gasteiger partial charge in [0.2, 0.25) is 0 Å². The van der Waals surface area contributed by atoms with Gasteiger partial charge in [0.25, 0.3) is 0 Å². The van der Waals surface area contributed by atoms with Gasteiger partial charge in [-0.1, -0.05) is 58.8 Å². The van der Waals surface area contributed by atoms with Crippen molar-refractivity contribution in [2.45, 2.75) is 87.6 Å². The minimum Gasteiger partial charge on any atom is -0.504 e. The maximum atomic E-state index is 9.62. The molecule has 182 valence electrons. The van der Waals surface area contributed by atoms with E-state index < -0.39 is 0 Å². The van der Waals surface area contributed by atoms with Crippen LogP contribution in [-0.4, -0.2) is 26.5 Å². The molecule has 0 aromatic heterocycles. The van der Waals surface area contributed by atoms with Crippen molar-refractivity contribution < 1.29 is 20.4 Å². The molecule has 0 aliphatic carbocycles. The molecule has 32 heavy (non-hydrogen) atoms. The lowest BCUT2D eigenvalue weighted by molar-refractivity contribution is 0.403. The lowest BCUT2D eigenvalue weighted by atomic mass is 10.1. The summed E-state index contributed by atoms with van der Waals surface area (Å²) >= 11 is 0. The molecular weight excluding hydrogens is 402 g/mol. The molecule has 0 aliphatic heterocycles. The zero-order valence-corrected chi connectivity index (χ0v) is 21.5. The number of phenolic OH excluding ortho intramolecular Hbond substituents is 4. The highest BCUT2D eigenvalue weighted by molar-refractivity contribution is 5.60. The number of aryl methyl sites for hydroxylation is 2. The van der Waals surface area contributed by atoms with Crippen molar-refractivity contribution in [3.63, 3.8) is 0 Å². The Morgan fingerprint density at radius 2 is 1.41 bits per heavy atom. The molecule has 5 heteroatoms. The predicted octanol–water partition coefficient (Wildman–Crippen LogP) is 7.67. The average Bonchev–Trinajstić information content (AvgIpc) is 2.76. The van der Waals surface area contributed by atoms with Crippen LogP contribution in [0.3, 0.4) is 0 Å². The van der Waals surface area contributed by atoms with E-state index in [1.807, 2.05) is 34.6 Å². The molecule has 0 radical (unpaired) electrons. The van der Waals surface area contributed by atoms with E-state index in [0.717, 1.165) is 36.1 Å². The Hall–Kier alpha value is -2.82.